The molecule has 0 unspecified atom stereocenters. The molecule has 0 atom stereocenters. The zero-order valence-electron chi connectivity index (χ0n) is 17.6. The molecule has 1 aromatic heterocycles. The molecule has 0 fully saturated rings. The van der Waals surface area contributed by atoms with Crippen molar-refractivity contribution < 1.29 is 19.1 Å². The molecule has 30 heavy (non-hydrogen) atoms. The molecule has 0 aliphatic carbocycles. The van der Waals surface area contributed by atoms with E-state index in [-0.39, 0.29) is 18.4 Å². The Kier molecular flexibility index (Phi) is 7.32. The van der Waals surface area contributed by atoms with Crippen molar-refractivity contribution >= 4 is 17.4 Å². The lowest BCUT2D eigenvalue weighted by molar-refractivity contribution is -0.138. The van der Waals surface area contributed by atoms with Crippen molar-refractivity contribution in [1.29, 1.82) is 0 Å². The predicted octanol–water partition coefficient (Wildman–Crippen LogP) is 2.26. The van der Waals surface area contributed by atoms with Crippen LogP contribution < -0.4 is 0 Å². The molecule has 7 heteroatoms. The Morgan fingerprint density at radius 3 is 2.20 bits per heavy atom. The van der Waals surface area contributed by atoms with E-state index in [9.17, 15) is 9.59 Å². The van der Waals surface area contributed by atoms with Crippen LogP contribution in [0.4, 0.5) is 0 Å². The maximum atomic E-state index is 13.4. The second-order valence-corrected chi connectivity index (χ2v) is 7.12. The van der Waals surface area contributed by atoms with Crippen LogP contribution in [0, 0.1) is 6.92 Å². The molecular weight excluding hydrogens is 382 g/mol. The highest BCUT2D eigenvalue weighted by atomic mass is 16.5. The summed E-state index contributed by atoms with van der Waals surface area (Å²) >= 11 is 0. The van der Waals surface area contributed by atoms with E-state index in [1.807, 2.05) is 42.2 Å². The molecule has 1 aromatic carbocycles. The molecule has 0 saturated carbocycles. The maximum absolute atomic E-state index is 13.4. The smallest absolute Gasteiger partial charge is 0.278 e. The zero-order chi connectivity index (χ0) is 21.5. The van der Waals surface area contributed by atoms with Gasteiger partial charge in [-0.05, 0) is 24.1 Å². The summed E-state index contributed by atoms with van der Waals surface area (Å²) in [5, 5.41) is 0. The third kappa shape index (κ3) is 4.75. The molecule has 0 radical (unpaired) electrons. The van der Waals surface area contributed by atoms with Crippen LogP contribution in [0.3, 0.4) is 0 Å². The normalized spacial score (nSPS) is 14.0. The van der Waals surface area contributed by atoms with E-state index in [1.165, 1.54) is 4.90 Å². The van der Waals surface area contributed by atoms with Gasteiger partial charge in [-0.2, -0.15) is 0 Å². The molecule has 3 rings (SSSR count). The number of hydrogen-bond donors (Lipinski definition) is 0. The van der Waals surface area contributed by atoms with Crippen LogP contribution in [0.5, 0.6) is 0 Å². The second-order valence-electron chi connectivity index (χ2n) is 7.12. The number of hydrogen-bond acceptors (Lipinski definition) is 6. The SMILES string of the molecule is COCCN(CCOC)C1=C(c2ccc(C)cc2)C(=O)N(Cc2cccnc2)C1=O. The monoisotopic (exact) mass is 409 g/mol. The molecule has 1 aliphatic rings. The van der Waals surface area contributed by atoms with Gasteiger partial charge in [0.05, 0.1) is 25.3 Å². The fourth-order valence-corrected chi connectivity index (χ4v) is 3.39. The van der Waals surface area contributed by atoms with Crippen molar-refractivity contribution in [3.8, 4) is 0 Å². The molecule has 1 aliphatic heterocycles. The number of amides is 2. The first-order valence-corrected chi connectivity index (χ1v) is 9.86. The van der Waals surface area contributed by atoms with E-state index in [2.05, 4.69) is 4.98 Å². The summed E-state index contributed by atoms with van der Waals surface area (Å²) in [6.07, 6.45) is 3.33. The molecule has 0 N–H and O–H groups in total. The van der Waals surface area contributed by atoms with E-state index in [4.69, 9.17) is 9.47 Å². The van der Waals surface area contributed by atoms with Gasteiger partial charge in [0.1, 0.15) is 5.70 Å². The molecule has 0 bridgehead atoms. The number of nitrogens with zero attached hydrogens (tertiary/aromatic N) is 3. The van der Waals surface area contributed by atoms with Crippen molar-refractivity contribution in [1.82, 2.24) is 14.8 Å². The van der Waals surface area contributed by atoms with Crippen molar-refractivity contribution in [3.63, 3.8) is 0 Å². The van der Waals surface area contributed by atoms with Gasteiger partial charge in [-0.15, -0.1) is 0 Å². The average molecular weight is 409 g/mol. The molecular formula is C23H27N3O4. The third-order valence-electron chi connectivity index (χ3n) is 4.99. The summed E-state index contributed by atoms with van der Waals surface area (Å²) in [6.45, 7) is 3.97. The first-order valence-electron chi connectivity index (χ1n) is 9.86. The minimum Gasteiger partial charge on any atom is -0.383 e. The highest BCUT2D eigenvalue weighted by Gasteiger charge is 2.41. The first kappa shape index (κ1) is 21.7. The van der Waals surface area contributed by atoms with E-state index in [0.29, 0.717) is 37.6 Å². The number of aryl methyl sites for hydroxylation is 1. The van der Waals surface area contributed by atoms with Crippen LogP contribution in [0.2, 0.25) is 0 Å². The van der Waals surface area contributed by atoms with Gasteiger partial charge in [-0.3, -0.25) is 19.5 Å². The predicted molar refractivity (Wildman–Crippen MR) is 113 cm³/mol. The molecule has 0 spiro atoms. The molecule has 2 amide bonds. The maximum Gasteiger partial charge on any atom is 0.278 e. The Balaban J connectivity index is 2.03. The summed E-state index contributed by atoms with van der Waals surface area (Å²) in [5.41, 5.74) is 3.41. The van der Waals surface area contributed by atoms with Gasteiger partial charge in [0.15, 0.2) is 0 Å². The van der Waals surface area contributed by atoms with E-state index >= 15 is 0 Å². The summed E-state index contributed by atoms with van der Waals surface area (Å²) in [5.74, 6) is -0.617. The Bertz CT molecular complexity index is 902. The van der Waals surface area contributed by atoms with Crippen molar-refractivity contribution in [2.75, 3.05) is 40.5 Å². The van der Waals surface area contributed by atoms with Crippen LogP contribution >= 0.6 is 0 Å². The van der Waals surface area contributed by atoms with Crippen molar-refractivity contribution in [3.05, 3.63) is 71.2 Å². The number of carbonyl (C=O) groups is 2. The number of imide groups is 1. The average Bonchev–Trinajstić information content (AvgIpc) is 3.00. The van der Waals surface area contributed by atoms with Crippen molar-refractivity contribution in [2.45, 2.75) is 13.5 Å². The number of aromatic nitrogens is 1. The van der Waals surface area contributed by atoms with Crippen LogP contribution in [0.1, 0.15) is 16.7 Å². The lowest BCUT2D eigenvalue weighted by atomic mass is 10.0. The van der Waals surface area contributed by atoms with E-state index in [1.54, 1.807) is 32.7 Å². The molecule has 158 valence electrons. The lowest BCUT2D eigenvalue weighted by Crippen LogP contribution is -2.37. The van der Waals surface area contributed by atoms with Gasteiger partial charge in [0, 0.05) is 39.7 Å². The largest absolute Gasteiger partial charge is 0.383 e. The van der Waals surface area contributed by atoms with Gasteiger partial charge < -0.3 is 14.4 Å². The number of rotatable bonds is 10. The van der Waals surface area contributed by atoms with Crippen LogP contribution in [-0.2, 0) is 25.6 Å². The zero-order valence-corrected chi connectivity index (χ0v) is 17.6. The highest BCUT2D eigenvalue weighted by Crippen LogP contribution is 2.32. The Morgan fingerprint density at radius 2 is 1.63 bits per heavy atom. The number of carbonyl (C=O) groups excluding carboxylic acids is 2. The molecule has 2 heterocycles. The van der Waals surface area contributed by atoms with Crippen LogP contribution in [0.25, 0.3) is 5.57 Å². The minimum absolute atomic E-state index is 0.173. The minimum atomic E-state index is -0.313. The number of methoxy groups -OCH3 is 2. The van der Waals surface area contributed by atoms with E-state index in [0.717, 1.165) is 16.7 Å². The first-order chi connectivity index (χ1) is 14.6. The summed E-state index contributed by atoms with van der Waals surface area (Å²) in [6, 6.07) is 11.3. The van der Waals surface area contributed by atoms with Crippen LogP contribution in [-0.4, -0.2) is 67.1 Å². The second kappa shape index (κ2) is 10.1. The highest BCUT2D eigenvalue weighted by molar-refractivity contribution is 6.35. The van der Waals surface area contributed by atoms with Crippen molar-refractivity contribution in [2.24, 2.45) is 0 Å². The molecule has 2 aromatic rings. The third-order valence-corrected chi connectivity index (χ3v) is 4.99. The van der Waals surface area contributed by atoms with Crippen LogP contribution in [0.15, 0.2) is 54.5 Å². The van der Waals surface area contributed by atoms with Gasteiger partial charge in [-0.1, -0.05) is 35.9 Å². The van der Waals surface area contributed by atoms with Gasteiger partial charge in [0.2, 0.25) is 0 Å². The summed E-state index contributed by atoms with van der Waals surface area (Å²) in [7, 11) is 3.22. The number of ether oxygens (including phenoxy) is 2. The van der Waals surface area contributed by atoms with E-state index < -0.39 is 0 Å². The topological polar surface area (TPSA) is 72.0 Å². The van der Waals surface area contributed by atoms with Gasteiger partial charge in [-0.25, -0.2) is 0 Å². The van der Waals surface area contributed by atoms with Gasteiger partial charge >= 0.3 is 0 Å². The number of pyridine rings is 1. The summed E-state index contributed by atoms with van der Waals surface area (Å²) in [4.78, 5) is 34.1. The fraction of sp³-hybridized carbons (Fsp3) is 0.348. The quantitative estimate of drug-likeness (QED) is 0.561. The fourth-order valence-electron chi connectivity index (χ4n) is 3.39. The standard InChI is InChI=1S/C23H27N3O4/c1-17-6-8-19(9-7-17)20-21(25(11-13-29-2)12-14-30-3)23(28)26(22(20)27)16-18-5-4-10-24-15-18/h4-10,15H,11-14,16H2,1-3H3. The Labute approximate surface area is 176 Å². The Hall–Kier alpha value is -3.03. The lowest BCUT2D eigenvalue weighted by Gasteiger charge is -2.25. The summed E-state index contributed by atoms with van der Waals surface area (Å²) < 4.78 is 10.5. The Morgan fingerprint density at radius 1 is 0.967 bits per heavy atom. The van der Waals surface area contributed by atoms with Gasteiger partial charge in [0.25, 0.3) is 11.8 Å². The number of benzene rings is 1. The molecule has 0 saturated heterocycles. The molecule has 7 nitrogen and oxygen atoms in total.